The lowest BCUT2D eigenvalue weighted by Gasteiger charge is -2.04. The van der Waals surface area contributed by atoms with E-state index in [0.717, 1.165) is 22.3 Å². The Hall–Kier alpha value is -2.63. The number of carbonyl (C=O) groups is 1. The Morgan fingerprint density at radius 1 is 1.40 bits per heavy atom. The van der Waals surface area contributed by atoms with E-state index in [0.29, 0.717) is 13.0 Å². The number of aryl methyl sites for hydroxylation is 1. The summed E-state index contributed by atoms with van der Waals surface area (Å²) in [6.45, 7) is 0.387. The maximum Gasteiger partial charge on any atom is 0.224 e. The van der Waals surface area contributed by atoms with Gasteiger partial charge in [0, 0.05) is 24.1 Å². The van der Waals surface area contributed by atoms with Crippen LogP contribution in [0.5, 0.6) is 0 Å². The molecule has 6 heteroatoms. The SMILES string of the molecule is Cn1cnnc1CNC(=O)Cc1c[nH]c2ccccc12. The van der Waals surface area contributed by atoms with Gasteiger partial charge in [-0.15, -0.1) is 10.2 Å². The van der Waals surface area contributed by atoms with Crippen LogP contribution in [0.2, 0.25) is 0 Å². The Kier molecular flexibility index (Phi) is 3.20. The summed E-state index contributed by atoms with van der Waals surface area (Å²) in [7, 11) is 1.85. The van der Waals surface area contributed by atoms with Crippen molar-refractivity contribution in [3.63, 3.8) is 0 Å². The smallest absolute Gasteiger partial charge is 0.224 e. The van der Waals surface area contributed by atoms with E-state index in [9.17, 15) is 4.79 Å². The van der Waals surface area contributed by atoms with Gasteiger partial charge in [0.05, 0.1) is 13.0 Å². The van der Waals surface area contributed by atoms with Crippen LogP contribution in [0.15, 0.2) is 36.8 Å². The number of hydrogen-bond donors (Lipinski definition) is 2. The van der Waals surface area contributed by atoms with Crippen LogP contribution in [0.4, 0.5) is 0 Å². The zero-order valence-electron chi connectivity index (χ0n) is 11.1. The molecule has 0 saturated carbocycles. The lowest BCUT2D eigenvalue weighted by atomic mass is 10.1. The van der Waals surface area contributed by atoms with E-state index in [1.54, 1.807) is 10.9 Å². The first kappa shape index (κ1) is 12.4. The second kappa shape index (κ2) is 5.16. The minimum atomic E-state index is -0.0299. The van der Waals surface area contributed by atoms with Crippen LogP contribution < -0.4 is 5.32 Å². The molecular formula is C14H15N5O. The largest absolute Gasteiger partial charge is 0.361 e. The van der Waals surface area contributed by atoms with E-state index in [1.807, 2.05) is 37.5 Å². The number of para-hydroxylation sites is 1. The monoisotopic (exact) mass is 269 g/mol. The molecule has 3 aromatic rings. The van der Waals surface area contributed by atoms with Gasteiger partial charge in [-0.3, -0.25) is 4.79 Å². The van der Waals surface area contributed by atoms with E-state index in [4.69, 9.17) is 0 Å². The van der Waals surface area contributed by atoms with Crippen LogP contribution in [0.25, 0.3) is 10.9 Å². The second-order valence-corrected chi connectivity index (χ2v) is 4.67. The highest BCUT2D eigenvalue weighted by Gasteiger charge is 2.09. The number of hydrogen-bond acceptors (Lipinski definition) is 3. The van der Waals surface area contributed by atoms with Gasteiger partial charge in [-0.1, -0.05) is 18.2 Å². The van der Waals surface area contributed by atoms with Crippen molar-refractivity contribution >= 4 is 16.8 Å². The van der Waals surface area contributed by atoms with Crippen LogP contribution in [-0.4, -0.2) is 25.7 Å². The molecule has 0 spiro atoms. The van der Waals surface area contributed by atoms with Gasteiger partial charge in [-0.25, -0.2) is 0 Å². The van der Waals surface area contributed by atoms with Gasteiger partial charge in [0.2, 0.25) is 5.91 Å². The lowest BCUT2D eigenvalue weighted by molar-refractivity contribution is -0.120. The van der Waals surface area contributed by atoms with Crippen LogP contribution in [0.1, 0.15) is 11.4 Å². The number of carbonyl (C=O) groups excluding carboxylic acids is 1. The molecule has 0 saturated heterocycles. The zero-order valence-corrected chi connectivity index (χ0v) is 11.1. The highest BCUT2D eigenvalue weighted by molar-refractivity contribution is 5.88. The minimum absolute atomic E-state index is 0.0299. The fraction of sp³-hybridized carbons (Fsp3) is 0.214. The molecule has 0 bridgehead atoms. The van der Waals surface area contributed by atoms with Crippen molar-refractivity contribution in [3.05, 3.63) is 48.2 Å². The van der Waals surface area contributed by atoms with Crippen molar-refractivity contribution in [1.29, 1.82) is 0 Å². The van der Waals surface area contributed by atoms with Crippen molar-refractivity contribution in [2.45, 2.75) is 13.0 Å². The average Bonchev–Trinajstić information content (AvgIpc) is 3.04. The number of rotatable bonds is 4. The summed E-state index contributed by atoms with van der Waals surface area (Å²) in [5.74, 6) is 0.704. The summed E-state index contributed by atoms with van der Waals surface area (Å²) in [5.41, 5.74) is 2.04. The van der Waals surface area contributed by atoms with Gasteiger partial charge in [0.15, 0.2) is 5.82 Å². The minimum Gasteiger partial charge on any atom is -0.361 e. The predicted octanol–water partition coefficient (Wildman–Crippen LogP) is 1.16. The highest BCUT2D eigenvalue weighted by atomic mass is 16.1. The molecule has 0 aliphatic heterocycles. The van der Waals surface area contributed by atoms with Crippen LogP contribution in [0, 0.1) is 0 Å². The Balaban J connectivity index is 1.66. The normalized spacial score (nSPS) is 10.8. The lowest BCUT2D eigenvalue weighted by Crippen LogP contribution is -2.25. The molecule has 2 N–H and O–H groups in total. The van der Waals surface area contributed by atoms with Crippen molar-refractivity contribution < 1.29 is 4.79 Å². The molecule has 0 aliphatic rings. The topological polar surface area (TPSA) is 75.6 Å². The third-order valence-electron chi connectivity index (χ3n) is 3.27. The number of fused-ring (bicyclic) bond motifs is 1. The molecule has 102 valence electrons. The molecule has 3 rings (SSSR count). The molecule has 0 radical (unpaired) electrons. The maximum absolute atomic E-state index is 12.0. The first-order valence-corrected chi connectivity index (χ1v) is 6.38. The number of benzene rings is 1. The quantitative estimate of drug-likeness (QED) is 0.746. The van der Waals surface area contributed by atoms with Crippen molar-refractivity contribution in [3.8, 4) is 0 Å². The summed E-state index contributed by atoms with van der Waals surface area (Å²) < 4.78 is 1.78. The Morgan fingerprint density at radius 3 is 3.05 bits per heavy atom. The fourth-order valence-electron chi connectivity index (χ4n) is 2.16. The number of aromatic nitrogens is 4. The number of nitrogens with one attached hydrogen (secondary N) is 2. The maximum atomic E-state index is 12.0. The summed E-state index contributed by atoms with van der Waals surface area (Å²) in [6.07, 6.45) is 3.84. The van der Waals surface area contributed by atoms with E-state index < -0.39 is 0 Å². The zero-order chi connectivity index (χ0) is 13.9. The molecule has 6 nitrogen and oxygen atoms in total. The van der Waals surface area contributed by atoms with Crippen molar-refractivity contribution in [1.82, 2.24) is 25.1 Å². The first-order valence-electron chi connectivity index (χ1n) is 6.38. The van der Waals surface area contributed by atoms with Crippen molar-refractivity contribution in [2.75, 3.05) is 0 Å². The van der Waals surface area contributed by atoms with E-state index in [2.05, 4.69) is 20.5 Å². The molecule has 2 heterocycles. The third-order valence-corrected chi connectivity index (χ3v) is 3.27. The standard InChI is InChI=1S/C14H15N5O/c1-19-9-17-18-13(19)8-16-14(20)6-10-7-15-12-5-3-2-4-11(10)12/h2-5,7,9,15H,6,8H2,1H3,(H,16,20). The van der Waals surface area contributed by atoms with Gasteiger partial charge in [-0.2, -0.15) is 0 Å². The summed E-state index contributed by atoms with van der Waals surface area (Å²) in [5, 5.41) is 11.6. The van der Waals surface area contributed by atoms with E-state index in [1.165, 1.54) is 0 Å². The van der Waals surface area contributed by atoms with Crippen LogP contribution in [0.3, 0.4) is 0 Å². The molecule has 2 aromatic heterocycles. The van der Waals surface area contributed by atoms with E-state index >= 15 is 0 Å². The molecule has 1 amide bonds. The van der Waals surface area contributed by atoms with Gasteiger partial charge in [0.1, 0.15) is 6.33 Å². The molecule has 20 heavy (non-hydrogen) atoms. The average molecular weight is 269 g/mol. The predicted molar refractivity (Wildman–Crippen MR) is 74.9 cm³/mol. The molecule has 0 fully saturated rings. The highest BCUT2D eigenvalue weighted by Crippen LogP contribution is 2.17. The van der Waals surface area contributed by atoms with Crippen LogP contribution in [-0.2, 0) is 24.8 Å². The van der Waals surface area contributed by atoms with Gasteiger partial charge in [0.25, 0.3) is 0 Å². The molecule has 0 atom stereocenters. The number of nitrogens with zero attached hydrogens (tertiary/aromatic N) is 3. The molecule has 1 aromatic carbocycles. The number of H-pyrrole nitrogens is 1. The Bertz CT molecular complexity index is 743. The summed E-state index contributed by atoms with van der Waals surface area (Å²) in [6, 6.07) is 7.95. The number of amides is 1. The van der Waals surface area contributed by atoms with Gasteiger partial charge < -0.3 is 14.9 Å². The fourth-order valence-corrected chi connectivity index (χ4v) is 2.16. The molecular weight excluding hydrogens is 254 g/mol. The number of aromatic amines is 1. The third kappa shape index (κ3) is 2.40. The summed E-state index contributed by atoms with van der Waals surface area (Å²) in [4.78, 5) is 15.1. The van der Waals surface area contributed by atoms with E-state index in [-0.39, 0.29) is 5.91 Å². The first-order chi connectivity index (χ1) is 9.74. The van der Waals surface area contributed by atoms with Gasteiger partial charge in [-0.05, 0) is 11.6 Å². The van der Waals surface area contributed by atoms with Crippen molar-refractivity contribution in [2.24, 2.45) is 7.05 Å². The second-order valence-electron chi connectivity index (χ2n) is 4.67. The summed E-state index contributed by atoms with van der Waals surface area (Å²) >= 11 is 0. The van der Waals surface area contributed by atoms with Crippen LogP contribution >= 0.6 is 0 Å². The molecule has 0 unspecified atom stereocenters. The Morgan fingerprint density at radius 2 is 2.25 bits per heavy atom. The van der Waals surface area contributed by atoms with Gasteiger partial charge >= 0.3 is 0 Å². The molecule has 0 aliphatic carbocycles. The Labute approximate surface area is 115 Å².